The van der Waals surface area contributed by atoms with Crippen molar-refractivity contribution in [1.29, 1.82) is 5.26 Å². The lowest BCUT2D eigenvalue weighted by Gasteiger charge is -2.19. The number of nitrogens with zero attached hydrogens (tertiary/aromatic N) is 3. The van der Waals surface area contributed by atoms with Gasteiger partial charge in [-0.1, -0.05) is 24.3 Å². The largest absolute Gasteiger partial charge is 0.416 e. The number of benzene rings is 1. The van der Waals surface area contributed by atoms with E-state index in [4.69, 9.17) is 0 Å². The second kappa shape index (κ2) is 6.61. The van der Waals surface area contributed by atoms with Gasteiger partial charge in [-0.25, -0.2) is 0 Å². The van der Waals surface area contributed by atoms with Gasteiger partial charge in [0.05, 0.1) is 16.6 Å². The summed E-state index contributed by atoms with van der Waals surface area (Å²) >= 11 is 0. The molecule has 0 saturated carbocycles. The minimum Gasteiger partial charge on any atom is -0.322 e. The molecule has 0 aliphatic heterocycles. The number of hydrogen-bond acceptors (Lipinski definition) is 2. The van der Waals surface area contributed by atoms with Crippen molar-refractivity contribution in [2.75, 3.05) is 7.05 Å². The van der Waals surface area contributed by atoms with E-state index in [1.807, 2.05) is 35.0 Å². The van der Waals surface area contributed by atoms with Gasteiger partial charge in [0.15, 0.2) is 0 Å². The van der Waals surface area contributed by atoms with E-state index in [0.717, 1.165) is 17.1 Å². The maximum absolute atomic E-state index is 13.1. The fourth-order valence-electron chi connectivity index (χ4n) is 3.00. The first-order valence-electron chi connectivity index (χ1n) is 7.72. The minimum atomic E-state index is -4.37. The van der Waals surface area contributed by atoms with E-state index in [9.17, 15) is 18.4 Å². The Kier molecular flexibility index (Phi) is 4.51. The van der Waals surface area contributed by atoms with Crippen LogP contribution in [0.2, 0.25) is 0 Å². The summed E-state index contributed by atoms with van der Waals surface area (Å²) in [4.78, 5) is 1.78. The molecule has 128 valence electrons. The van der Waals surface area contributed by atoms with Crippen molar-refractivity contribution in [2.24, 2.45) is 0 Å². The van der Waals surface area contributed by atoms with Gasteiger partial charge in [-0.05, 0) is 30.8 Å². The van der Waals surface area contributed by atoms with Gasteiger partial charge in [-0.15, -0.1) is 0 Å². The molecule has 3 aromatic rings. The zero-order valence-electron chi connectivity index (χ0n) is 13.6. The molecule has 25 heavy (non-hydrogen) atoms. The lowest BCUT2D eigenvalue weighted by atomic mass is 10.1. The first kappa shape index (κ1) is 17.1. The fourth-order valence-corrected chi connectivity index (χ4v) is 3.00. The molecule has 2 heterocycles. The highest BCUT2D eigenvalue weighted by molar-refractivity contribution is 5.65. The van der Waals surface area contributed by atoms with Gasteiger partial charge in [0.2, 0.25) is 0 Å². The first-order valence-corrected chi connectivity index (χ1v) is 7.72. The van der Waals surface area contributed by atoms with Crippen LogP contribution in [-0.2, 0) is 19.3 Å². The average molecular weight is 343 g/mol. The predicted molar refractivity (Wildman–Crippen MR) is 88.7 cm³/mol. The van der Waals surface area contributed by atoms with Crippen molar-refractivity contribution in [3.05, 3.63) is 77.1 Å². The van der Waals surface area contributed by atoms with Crippen LogP contribution < -0.4 is 0 Å². The molecule has 1 aromatic carbocycles. The Morgan fingerprint density at radius 3 is 2.44 bits per heavy atom. The Morgan fingerprint density at radius 1 is 1.04 bits per heavy atom. The molecule has 0 saturated heterocycles. The molecule has 0 atom stereocenters. The van der Waals surface area contributed by atoms with Crippen LogP contribution in [0.1, 0.15) is 22.3 Å². The third-order valence-electron chi connectivity index (χ3n) is 4.08. The Balaban J connectivity index is 1.85. The summed E-state index contributed by atoms with van der Waals surface area (Å²) in [6, 6.07) is 13.3. The second-order valence-corrected chi connectivity index (χ2v) is 5.96. The van der Waals surface area contributed by atoms with Gasteiger partial charge in [0, 0.05) is 31.0 Å². The zero-order chi connectivity index (χ0) is 18.0. The molecule has 0 N–H and O–H groups in total. The normalized spacial score (nSPS) is 11.8. The maximum Gasteiger partial charge on any atom is 0.416 e. The molecule has 3 rings (SSSR count). The smallest absolute Gasteiger partial charge is 0.322 e. The number of halogens is 3. The molecule has 0 spiro atoms. The third-order valence-corrected chi connectivity index (χ3v) is 4.08. The third kappa shape index (κ3) is 3.52. The number of fused-ring (bicyclic) bond motifs is 1. The topological polar surface area (TPSA) is 31.4 Å². The van der Waals surface area contributed by atoms with Gasteiger partial charge >= 0.3 is 6.18 Å². The quantitative estimate of drug-likeness (QED) is 0.700. The summed E-state index contributed by atoms with van der Waals surface area (Å²) in [5.74, 6) is 0. The summed E-state index contributed by atoms with van der Waals surface area (Å²) in [6.45, 7) is 0.531. The molecule has 6 heteroatoms. The van der Waals surface area contributed by atoms with E-state index in [0.29, 0.717) is 12.1 Å². The van der Waals surface area contributed by atoms with Crippen molar-refractivity contribution in [1.82, 2.24) is 9.30 Å². The Bertz CT molecular complexity index is 935. The van der Waals surface area contributed by atoms with Crippen LogP contribution in [0.25, 0.3) is 5.52 Å². The summed E-state index contributed by atoms with van der Waals surface area (Å²) in [5.41, 5.74) is 1.74. The van der Waals surface area contributed by atoms with Gasteiger partial charge in [0.1, 0.15) is 6.07 Å². The summed E-state index contributed by atoms with van der Waals surface area (Å²) < 4.78 is 41.2. The van der Waals surface area contributed by atoms with Crippen LogP contribution >= 0.6 is 0 Å². The Hall–Kier alpha value is -2.78. The van der Waals surface area contributed by atoms with Crippen molar-refractivity contribution in [2.45, 2.75) is 19.3 Å². The molecular weight excluding hydrogens is 327 g/mol. The Morgan fingerprint density at radius 2 is 1.72 bits per heavy atom. The van der Waals surface area contributed by atoms with Crippen LogP contribution in [-0.4, -0.2) is 16.3 Å². The lowest BCUT2D eigenvalue weighted by molar-refractivity contribution is -0.138. The number of hydrogen-bond donors (Lipinski definition) is 0. The highest BCUT2D eigenvalue weighted by atomic mass is 19.4. The minimum absolute atomic E-state index is 0.146. The van der Waals surface area contributed by atoms with Crippen molar-refractivity contribution in [3.63, 3.8) is 0 Å². The number of nitriles is 1. The van der Waals surface area contributed by atoms with Crippen LogP contribution in [0.15, 0.2) is 54.9 Å². The predicted octanol–water partition coefficient (Wildman–Crippen LogP) is 4.46. The molecule has 0 fully saturated rings. The Labute approximate surface area is 143 Å². The van der Waals surface area contributed by atoms with E-state index in [-0.39, 0.29) is 12.1 Å². The monoisotopic (exact) mass is 343 g/mol. The van der Waals surface area contributed by atoms with Crippen LogP contribution in [0, 0.1) is 11.3 Å². The molecule has 0 aliphatic carbocycles. The number of pyridine rings is 1. The average Bonchev–Trinajstić information content (AvgIpc) is 2.91. The van der Waals surface area contributed by atoms with E-state index in [1.165, 1.54) is 12.1 Å². The lowest BCUT2D eigenvalue weighted by Crippen LogP contribution is -2.20. The molecule has 0 amide bonds. The van der Waals surface area contributed by atoms with Crippen LogP contribution in [0.3, 0.4) is 0 Å². The van der Waals surface area contributed by atoms with E-state index in [2.05, 4.69) is 6.07 Å². The van der Waals surface area contributed by atoms with Crippen molar-refractivity contribution >= 4 is 5.52 Å². The fraction of sp³-hybridized carbons (Fsp3) is 0.211. The highest BCUT2D eigenvalue weighted by Crippen LogP contribution is 2.32. The molecule has 0 bridgehead atoms. The van der Waals surface area contributed by atoms with Gasteiger partial charge in [-0.2, -0.15) is 18.4 Å². The molecule has 0 aliphatic rings. The molecule has 3 nitrogen and oxygen atoms in total. The van der Waals surface area contributed by atoms with Gasteiger partial charge in [-0.3, -0.25) is 4.90 Å². The first-order chi connectivity index (χ1) is 11.9. The second-order valence-electron chi connectivity index (χ2n) is 5.96. The number of rotatable bonds is 4. The van der Waals surface area contributed by atoms with Crippen molar-refractivity contribution in [3.8, 4) is 6.07 Å². The van der Waals surface area contributed by atoms with E-state index < -0.39 is 11.7 Å². The van der Waals surface area contributed by atoms with Crippen molar-refractivity contribution < 1.29 is 13.2 Å². The van der Waals surface area contributed by atoms with Gasteiger partial charge in [0.25, 0.3) is 0 Å². The summed E-state index contributed by atoms with van der Waals surface area (Å²) in [5, 5.41) is 9.43. The number of alkyl halides is 3. The SMILES string of the molecule is CN(Cc1ccccc1C(F)(F)F)Cc1cn2ccccc2c1C#N. The van der Waals surface area contributed by atoms with Gasteiger partial charge < -0.3 is 4.40 Å². The maximum atomic E-state index is 13.1. The molecule has 2 aromatic heterocycles. The van der Waals surface area contributed by atoms with E-state index in [1.54, 1.807) is 18.0 Å². The van der Waals surface area contributed by atoms with E-state index >= 15 is 0 Å². The number of aromatic nitrogens is 1. The summed E-state index contributed by atoms with van der Waals surface area (Å²) in [6.07, 6.45) is -0.682. The zero-order valence-corrected chi connectivity index (χ0v) is 13.6. The molecule has 0 unspecified atom stereocenters. The van der Waals surface area contributed by atoms with Crippen LogP contribution in [0.5, 0.6) is 0 Å². The molecular formula is C19H16F3N3. The molecule has 0 radical (unpaired) electrons. The van der Waals surface area contributed by atoms with Crippen LogP contribution in [0.4, 0.5) is 13.2 Å². The summed E-state index contributed by atoms with van der Waals surface area (Å²) in [7, 11) is 1.75. The highest BCUT2D eigenvalue weighted by Gasteiger charge is 2.33. The standard InChI is InChI=1S/C19H16F3N3/c1-24(11-14-6-2-3-7-17(14)19(20,21)22)12-15-13-25-9-5-4-8-18(25)16(15)10-23/h2-9,13H,11-12H2,1H3.